The third-order valence-electron chi connectivity index (χ3n) is 6.03. The molecule has 0 radical (unpaired) electrons. The van der Waals surface area contributed by atoms with E-state index in [1.807, 2.05) is 24.3 Å². The van der Waals surface area contributed by atoms with Crippen molar-refractivity contribution in [2.45, 2.75) is 83.2 Å². The van der Waals surface area contributed by atoms with Gasteiger partial charge >= 0.3 is 5.97 Å². The van der Waals surface area contributed by atoms with Crippen LogP contribution < -0.4 is 0 Å². The highest BCUT2D eigenvalue weighted by molar-refractivity contribution is 6.03. The van der Waals surface area contributed by atoms with Crippen LogP contribution >= 0.6 is 0 Å². The van der Waals surface area contributed by atoms with E-state index in [4.69, 9.17) is 4.74 Å². The first-order valence-corrected chi connectivity index (χ1v) is 11.2. The van der Waals surface area contributed by atoms with Crippen LogP contribution in [0.1, 0.15) is 77.6 Å². The van der Waals surface area contributed by atoms with Gasteiger partial charge < -0.3 is 9.84 Å². The van der Waals surface area contributed by atoms with Gasteiger partial charge in [0.2, 0.25) is 0 Å². The largest absolute Gasteiger partial charge is 0.468 e. The molecule has 0 spiro atoms. The molecule has 5 heteroatoms. The Morgan fingerprint density at radius 1 is 1.27 bits per heavy atom. The number of unbranched alkanes of at least 4 members (excludes halogenated alkanes) is 2. The number of aliphatic hydroxyl groups is 1. The highest BCUT2D eigenvalue weighted by Crippen LogP contribution is 2.31. The van der Waals surface area contributed by atoms with Gasteiger partial charge in [0, 0.05) is 18.8 Å². The Morgan fingerprint density at radius 2 is 2.07 bits per heavy atom. The number of ether oxygens (including phenoxy) is 1. The molecule has 2 aliphatic carbocycles. The second kappa shape index (κ2) is 12.0. The van der Waals surface area contributed by atoms with Gasteiger partial charge in [-0.15, -0.1) is 0 Å². The standard InChI is InChI=1S/C25H36O5/c1-25(29,18-16-19-11-7-8-12-19)17-9-5-3-4-6-14-22(27)23(24(28)30-2)20-13-10-15-21(20)26/h5,9,11,16,18,20,23,29H,3-4,6-8,10,12-15,17H2,1-2H3/t20-,23?,25-/m0/s1. The van der Waals surface area contributed by atoms with Crippen LogP contribution in [0.15, 0.2) is 36.0 Å². The molecule has 0 bridgehead atoms. The summed E-state index contributed by atoms with van der Waals surface area (Å²) in [6.07, 6.45) is 18.4. The second-order valence-electron chi connectivity index (χ2n) is 8.72. The normalized spacial score (nSPS) is 22.4. The number of hydrogen-bond donors (Lipinski definition) is 1. The number of Topliss-reactive ketones (excluding diaryl/α,β-unsaturated/α-hetero) is 2. The minimum absolute atomic E-state index is 0.00649. The Hall–Kier alpha value is -2.01. The molecule has 166 valence electrons. The smallest absolute Gasteiger partial charge is 0.316 e. The minimum Gasteiger partial charge on any atom is -0.468 e. The zero-order valence-electron chi connectivity index (χ0n) is 18.4. The van der Waals surface area contributed by atoms with Crippen molar-refractivity contribution in [1.29, 1.82) is 0 Å². The highest BCUT2D eigenvalue weighted by atomic mass is 16.5. The van der Waals surface area contributed by atoms with Crippen LogP contribution in [-0.4, -0.2) is 35.4 Å². The predicted molar refractivity (Wildman–Crippen MR) is 117 cm³/mol. The maximum Gasteiger partial charge on any atom is 0.316 e. The Kier molecular flexibility index (Phi) is 9.70. The van der Waals surface area contributed by atoms with E-state index >= 15 is 0 Å². The summed E-state index contributed by atoms with van der Waals surface area (Å²) < 4.78 is 4.78. The van der Waals surface area contributed by atoms with Gasteiger partial charge in [-0.05, 0) is 64.7 Å². The highest BCUT2D eigenvalue weighted by Gasteiger charge is 2.41. The maximum atomic E-state index is 12.6. The summed E-state index contributed by atoms with van der Waals surface area (Å²) in [6, 6.07) is 0. The van der Waals surface area contributed by atoms with E-state index in [2.05, 4.69) is 6.08 Å². The van der Waals surface area contributed by atoms with E-state index in [0.29, 0.717) is 25.7 Å². The molecular weight excluding hydrogens is 380 g/mol. The minimum atomic E-state index is -0.933. The van der Waals surface area contributed by atoms with Crippen molar-refractivity contribution in [1.82, 2.24) is 0 Å². The Balaban J connectivity index is 1.69. The molecular formula is C25H36O5. The van der Waals surface area contributed by atoms with Crippen LogP contribution in [-0.2, 0) is 19.1 Å². The zero-order valence-corrected chi connectivity index (χ0v) is 18.4. The molecule has 0 aromatic heterocycles. The van der Waals surface area contributed by atoms with Gasteiger partial charge in [-0.3, -0.25) is 14.4 Å². The number of carbonyl (C=O) groups excluding carboxylic acids is 3. The van der Waals surface area contributed by atoms with Crippen LogP contribution in [0, 0.1) is 11.8 Å². The Labute approximate surface area is 180 Å². The van der Waals surface area contributed by atoms with Gasteiger partial charge in [-0.2, -0.15) is 0 Å². The number of carbonyl (C=O) groups is 3. The van der Waals surface area contributed by atoms with Gasteiger partial charge in [0.15, 0.2) is 0 Å². The first kappa shape index (κ1) is 24.3. The molecule has 1 unspecified atom stereocenters. The zero-order chi connectivity index (χ0) is 22.0. The van der Waals surface area contributed by atoms with Crippen molar-refractivity contribution in [3.05, 3.63) is 36.0 Å². The molecule has 2 aliphatic rings. The first-order valence-electron chi connectivity index (χ1n) is 11.2. The molecule has 5 nitrogen and oxygen atoms in total. The molecule has 2 rings (SSSR count). The van der Waals surface area contributed by atoms with Gasteiger partial charge in [0.1, 0.15) is 17.5 Å². The number of rotatable bonds is 12. The SMILES string of the molecule is COC(=O)C(C(=O)CCCCC=CC[C@](C)(O)C=CC1=CCCC1)[C@H]1CCCC1=O. The van der Waals surface area contributed by atoms with Crippen LogP contribution in [0.4, 0.5) is 0 Å². The average Bonchev–Trinajstić information content (AvgIpc) is 3.38. The molecule has 0 aromatic carbocycles. The number of ketones is 2. The van der Waals surface area contributed by atoms with E-state index in [9.17, 15) is 19.5 Å². The molecule has 0 amide bonds. The quantitative estimate of drug-likeness (QED) is 0.217. The van der Waals surface area contributed by atoms with E-state index in [0.717, 1.165) is 32.1 Å². The Morgan fingerprint density at radius 3 is 2.70 bits per heavy atom. The van der Waals surface area contributed by atoms with Crippen LogP contribution in [0.25, 0.3) is 0 Å². The van der Waals surface area contributed by atoms with E-state index in [1.165, 1.54) is 19.1 Å². The molecule has 1 fully saturated rings. The first-order chi connectivity index (χ1) is 14.3. The molecule has 3 atom stereocenters. The molecule has 30 heavy (non-hydrogen) atoms. The molecule has 1 saturated carbocycles. The summed E-state index contributed by atoms with van der Waals surface area (Å²) in [7, 11) is 1.27. The lowest BCUT2D eigenvalue weighted by atomic mass is 9.84. The second-order valence-corrected chi connectivity index (χ2v) is 8.72. The number of hydrogen-bond acceptors (Lipinski definition) is 5. The molecule has 0 aromatic rings. The van der Waals surface area contributed by atoms with Gasteiger partial charge in [-0.1, -0.05) is 36.0 Å². The predicted octanol–water partition coefficient (Wildman–Crippen LogP) is 4.64. The fraction of sp³-hybridized carbons (Fsp3) is 0.640. The lowest BCUT2D eigenvalue weighted by molar-refractivity contribution is -0.153. The van der Waals surface area contributed by atoms with Gasteiger partial charge in [-0.25, -0.2) is 0 Å². The third-order valence-corrected chi connectivity index (χ3v) is 6.03. The van der Waals surface area contributed by atoms with E-state index in [1.54, 1.807) is 6.92 Å². The van der Waals surface area contributed by atoms with Crippen molar-refractivity contribution < 1.29 is 24.2 Å². The molecule has 1 N–H and O–H groups in total. The van der Waals surface area contributed by atoms with Gasteiger partial charge in [0.05, 0.1) is 12.7 Å². The topological polar surface area (TPSA) is 80.7 Å². The maximum absolute atomic E-state index is 12.6. The monoisotopic (exact) mass is 416 g/mol. The molecule has 0 aliphatic heterocycles. The summed E-state index contributed by atoms with van der Waals surface area (Å²) in [5.74, 6) is -2.19. The summed E-state index contributed by atoms with van der Waals surface area (Å²) in [5, 5.41) is 10.4. The lowest BCUT2D eigenvalue weighted by Crippen LogP contribution is -2.34. The molecule has 0 heterocycles. The molecule has 0 saturated heterocycles. The number of methoxy groups -OCH3 is 1. The van der Waals surface area contributed by atoms with Crippen molar-refractivity contribution >= 4 is 17.5 Å². The summed E-state index contributed by atoms with van der Waals surface area (Å²) in [5.41, 5.74) is 0.436. The lowest BCUT2D eigenvalue weighted by Gasteiger charge is -2.18. The van der Waals surface area contributed by atoms with Crippen molar-refractivity contribution in [3.63, 3.8) is 0 Å². The van der Waals surface area contributed by atoms with Crippen LogP contribution in [0.2, 0.25) is 0 Å². The van der Waals surface area contributed by atoms with Crippen LogP contribution in [0.3, 0.4) is 0 Å². The van der Waals surface area contributed by atoms with Crippen molar-refractivity contribution in [2.24, 2.45) is 11.8 Å². The fourth-order valence-electron chi connectivity index (χ4n) is 4.20. The number of esters is 1. The average molecular weight is 417 g/mol. The summed E-state index contributed by atoms with van der Waals surface area (Å²) >= 11 is 0. The number of allylic oxidation sites excluding steroid dienone is 4. The Bertz CT molecular complexity index is 698. The summed E-state index contributed by atoms with van der Waals surface area (Å²) in [4.78, 5) is 36.6. The van der Waals surface area contributed by atoms with Crippen molar-refractivity contribution in [3.8, 4) is 0 Å². The van der Waals surface area contributed by atoms with E-state index in [-0.39, 0.29) is 18.0 Å². The van der Waals surface area contributed by atoms with E-state index < -0.39 is 23.4 Å². The summed E-state index contributed by atoms with van der Waals surface area (Å²) in [6.45, 7) is 1.80. The van der Waals surface area contributed by atoms with Crippen molar-refractivity contribution in [2.75, 3.05) is 7.11 Å². The fourth-order valence-corrected chi connectivity index (χ4v) is 4.20. The van der Waals surface area contributed by atoms with Crippen LogP contribution in [0.5, 0.6) is 0 Å². The van der Waals surface area contributed by atoms with Gasteiger partial charge in [0.25, 0.3) is 0 Å². The third kappa shape index (κ3) is 7.67.